The van der Waals surface area contributed by atoms with E-state index in [2.05, 4.69) is 10.3 Å². The second kappa shape index (κ2) is 6.84. The van der Waals surface area contributed by atoms with Gasteiger partial charge in [-0.2, -0.15) is 0 Å². The van der Waals surface area contributed by atoms with Crippen molar-refractivity contribution in [1.29, 1.82) is 0 Å². The van der Waals surface area contributed by atoms with Gasteiger partial charge in [0.25, 0.3) is 5.69 Å². The molecule has 7 heteroatoms. The van der Waals surface area contributed by atoms with E-state index in [1.54, 1.807) is 12.1 Å². The number of hydrogen-bond acceptors (Lipinski definition) is 5. The van der Waals surface area contributed by atoms with Crippen molar-refractivity contribution < 1.29 is 9.72 Å². The number of nitrogens with zero attached hydrogens (tertiary/aromatic N) is 2. The lowest BCUT2D eigenvalue weighted by Crippen LogP contribution is -2.25. The molecule has 2 aromatic rings. The van der Waals surface area contributed by atoms with E-state index < -0.39 is 4.92 Å². The van der Waals surface area contributed by atoms with E-state index in [1.807, 2.05) is 31.2 Å². The zero-order chi connectivity index (χ0) is 17.1. The summed E-state index contributed by atoms with van der Waals surface area (Å²) in [5, 5.41) is 13.8. The number of carbonyl (C=O) groups is 1. The third-order valence-corrected chi connectivity index (χ3v) is 4.63. The molecule has 0 aromatic heterocycles. The van der Waals surface area contributed by atoms with Crippen molar-refractivity contribution in [3.05, 3.63) is 69.8 Å². The van der Waals surface area contributed by atoms with Crippen LogP contribution in [0.15, 0.2) is 53.5 Å². The number of aliphatic imine (C=N–C) groups is 1. The summed E-state index contributed by atoms with van der Waals surface area (Å²) in [6.07, 6.45) is 0.422. The minimum absolute atomic E-state index is 0.0320. The molecule has 1 unspecified atom stereocenters. The standard InChI is InChI=1S/C17H15N3O3S/c1-11-4-2-6-13(8-11)18-17-19-16(21)15(24-17)10-12-5-3-7-14(9-12)20(22)23/h2-9,15H,10H2,1H3,(H,18,19,21). The molecule has 0 bridgehead atoms. The number of nitrogens with one attached hydrogen (secondary N) is 1. The fourth-order valence-corrected chi connectivity index (χ4v) is 3.45. The highest BCUT2D eigenvalue weighted by Gasteiger charge is 2.30. The highest BCUT2D eigenvalue weighted by atomic mass is 32.2. The normalized spacial score (nSPS) is 18.6. The van der Waals surface area contributed by atoms with Gasteiger partial charge >= 0.3 is 0 Å². The van der Waals surface area contributed by atoms with E-state index in [0.29, 0.717) is 11.6 Å². The van der Waals surface area contributed by atoms with Crippen LogP contribution in [0.2, 0.25) is 0 Å². The molecular weight excluding hydrogens is 326 g/mol. The topological polar surface area (TPSA) is 84.6 Å². The summed E-state index contributed by atoms with van der Waals surface area (Å²) in [6.45, 7) is 1.98. The lowest BCUT2D eigenvalue weighted by molar-refractivity contribution is -0.384. The molecule has 2 aromatic carbocycles. The predicted molar refractivity (Wildman–Crippen MR) is 94.6 cm³/mol. The van der Waals surface area contributed by atoms with E-state index in [-0.39, 0.29) is 16.8 Å². The average molecular weight is 341 g/mol. The molecule has 1 atom stereocenters. The first-order valence-corrected chi connectivity index (χ1v) is 8.25. The van der Waals surface area contributed by atoms with Crippen molar-refractivity contribution in [3.63, 3.8) is 0 Å². The largest absolute Gasteiger partial charge is 0.304 e. The number of nitro benzene ring substituents is 1. The number of hydrogen-bond donors (Lipinski definition) is 1. The number of non-ortho nitro benzene ring substituents is 1. The monoisotopic (exact) mass is 341 g/mol. The number of nitro groups is 1. The molecular formula is C17H15N3O3S. The molecule has 1 fully saturated rings. The number of carbonyl (C=O) groups excluding carboxylic acids is 1. The summed E-state index contributed by atoms with van der Waals surface area (Å²) in [5.41, 5.74) is 2.67. The number of thioether (sulfide) groups is 1. The predicted octanol–water partition coefficient (Wildman–Crippen LogP) is 3.37. The Bertz CT molecular complexity index is 835. The van der Waals surface area contributed by atoms with Crippen molar-refractivity contribution >= 4 is 34.2 Å². The highest BCUT2D eigenvalue weighted by Crippen LogP contribution is 2.27. The molecule has 6 nitrogen and oxygen atoms in total. The third kappa shape index (κ3) is 3.80. The van der Waals surface area contributed by atoms with Crippen molar-refractivity contribution in [2.75, 3.05) is 0 Å². The van der Waals surface area contributed by atoms with Gasteiger partial charge in [0.1, 0.15) is 0 Å². The SMILES string of the molecule is Cc1cccc(N=C2NC(=O)C(Cc3cccc([N+](=O)[O-])c3)S2)c1. The number of benzene rings is 2. The third-order valence-electron chi connectivity index (χ3n) is 3.55. The molecule has 1 N–H and O–H groups in total. The summed E-state index contributed by atoms with van der Waals surface area (Å²) in [7, 11) is 0. The first-order valence-electron chi connectivity index (χ1n) is 7.37. The van der Waals surface area contributed by atoms with Gasteiger partial charge in [-0.25, -0.2) is 4.99 Å². The van der Waals surface area contributed by atoms with Crippen LogP contribution in [0.4, 0.5) is 11.4 Å². The number of aryl methyl sites for hydroxylation is 1. The fourth-order valence-electron chi connectivity index (χ4n) is 2.42. The first-order chi connectivity index (χ1) is 11.5. The Labute approximate surface area is 143 Å². The zero-order valence-corrected chi connectivity index (χ0v) is 13.7. The molecule has 0 spiro atoms. The van der Waals surface area contributed by atoms with Crippen molar-refractivity contribution in [1.82, 2.24) is 5.32 Å². The highest BCUT2D eigenvalue weighted by molar-refractivity contribution is 8.15. The Morgan fingerprint density at radius 1 is 1.25 bits per heavy atom. The summed E-state index contributed by atoms with van der Waals surface area (Å²) in [6, 6.07) is 14.1. The van der Waals surface area contributed by atoms with Crippen LogP contribution >= 0.6 is 11.8 Å². The van der Waals surface area contributed by atoms with Crippen molar-refractivity contribution in [2.24, 2.45) is 4.99 Å². The maximum Gasteiger partial charge on any atom is 0.269 e. The molecule has 0 aliphatic carbocycles. The molecule has 1 saturated heterocycles. The van der Waals surface area contributed by atoms with Crippen LogP contribution in [0.25, 0.3) is 0 Å². The van der Waals surface area contributed by atoms with Gasteiger partial charge < -0.3 is 5.32 Å². The summed E-state index contributed by atoms with van der Waals surface area (Å²) in [5.74, 6) is -0.127. The van der Waals surface area contributed by atoms with E-state index in [0.717, 1.165) is 16.8 Å². The molecule has 1 aliphatic heterocycles. The van der Waals surface area contributed by atoms with Gasteiger partial charge in [0.05, 0.1) is 15.9 Å². The number of amidine groups is 1. The lowest BCUT2D eigenvalue weighted by atomic mass is 10.1. The molecule has 122 valence electrons. The number of amides is 1. The molecule has 24 heavy (non-hydrogen) atoms. The second-order valence-electron chi connectivity index (χ2n) is 5.48. The van der Waals surface area contributed by atoms with Crippen LogP contribution in [0.3, 0.4) is 0 Å². The Kier molecular flexibility index (Phi) is 4.61. The Balaban J connectivity index is 1.73. The lowest BCUT2D eigenvalue weighted by Gasteiger charge is -2.05. The molecule has 1 heterocycles. The second-order valence-corrected chi connectivity index (χ2v) is 6.67. The van der Waals surface area contributed by atoms with E-state index in [9.17, 15) is 14.9 Å². The van der Waals surface area contributed by atoms with Gasteiger partial charge in [0, 0.05) is 12.1 Å². The van der Waals surface area contributed by atoms with Crippen LogP contribution < -0.4 is 5.32 Å². The molecule has 1 aliphatic rings. The minimum Gasteiger partial charge on any atom is -0.304 e. The zero-order valence-electron chi connectivity index (χ0n) is 12.9. The van der Waals surface area contributed by atoms with Crippen LogP contribution in [0, 0.1) is 17.0 Å². The maximum atomic E-state index is 12.1. The number of rotatable bonds is 4. The van der Waals surface area contributed by atoms with Crippen LogP contribution in [0.5, 0.6) is 0 Å². The Hall–Kier alpha value is -2.67. The minimum atomic E-state index is -0.435. The summed E-state index contributed by atoms with van der Waals surface area (Å²) < 4.78 is 0. The van der Waals surface area contributed by atoms with Gasteiger partial charge in [0.2, 0.25) is 5.91 Å². The Morgan fingerprint density at radius 3 is 2.79 bits per heavy atom. The van der Waals surface area contributed by atoms with Crippen molar-refractivity contribution in [3.8, 4) is 0 Å². The summed E-state index contributed by atoms with van der Waals surface area (Å²) >= 11 is 1.35. The van der Waals surface area contributed by atoms with Gasteiger partial charge in [-0.15, -0.1) is 0 Å². The van der Waals surface area contributed by atoms with E-state index in [4.69, 9.17) is 0 Å². The van der Waals surface area contributed by atoms with Gasteiger partial charge in [0.15, 0.2) is 5.17 Å². The quantitative estimate of drug-likeness (QED) is 0.682. The van der Waals surface area contributed by atoms with Gasteiger partial charge in [-0.1, -0.05) is 36.0 Å². The van der Waals surface area contributed by atoms with Gasteiger partial charge in [-0.05, 0) is 36.6 Å². The molecule has 0 radical (unpaired) electrons. The molecule has 3 rings (SSSR count). The maximum absolute atomic E-state index is 12.1. The average Bonchev–Trinajstić information content (AvgIpc) is 2.87. The van der Waals surface area contributed by atoms with Crippen LogP contribution in [0.1, 0.15) is 11.1 Å². The fraction of sp³-hybridized carbons (Fsp3) is 0.176. The van der Waals surface area contributed by atoms with E-state index in [1.165, 1.54) is 23.9 Å². The van der Waals surface area contributed by atoms with Gasteiger partial charge in [-0.3, -0.25) is 14.9 Å². The van der Waals surface area contributed by atoms with Crippen molar-refractivity contribution in [2.45, 2.75) is 18.6 Å². The first kappa shape index (κ1) is 16.2. The summed E-state index contributed by atoms with van der Waals surface area (Å²) in [4.78, 5) is 27.0. The molecule has 0 saturated carbocycles. The molecule has 1 amide bonds. The smallest absolute Gasteiger partial charge is 0.269 e. The Morgan fingerprint density at radius 2 is 2.04 bits per heavy atom. The van der Waals surface area contributed by atoms with Crippen LogP contribution in [-0.4, -0.2) is 21.2 Å². The van der Waals surface area contributed by atoms with Crippen LogP contribution in [-0.2, 0) is 11.2 Å². The van der Waals surface area contributed by atoms with E-state index >= 15 is 0 Å².